The maximum absolute atomic E-state index is 10.8. The van der Waals surface area contributed by atoms with Gasteiger partial charge in [-0.3, -0.25) is 10.1 Å². The molecule has 0 radical (unpaired) electrons. The molecule has 0 aliphatic rings. The van der Waals surface area contributed by atoms with Crippen LogP contribution in [0.1, 0.15) is 31.4 Å². The zero-order valence-electron chi connectivity index (χ0n) is 11.8. The highest BCUT2D eigenvalue weighted by Crippen LogP contribution is 2.30. The maximum Gasteiger partial charge on any atom is 0.283 e. The smallest absolute Gasteiger partial charge is 0.283 e. The van der Waals surface area contributed by atoms with Crippen LogP contribution in [0.2, 0.25) is 0 Å². The van der Waals surface area contributed by atoms with Crippen LogP contribution in [0.15, 0.2) is 53.0 Å². The molecule has 1 atom stereocenters. The Morgan fingerprint density at radius 1 is 1.24 bits per heavy atom. The lowest BCUT2D eigenvalue weighted by Crippen LogP contribution is -2.10. The van der Waals surface area contributed by atoms with Crippen molar-refractivity contribution in [2.45, 2.75) is 25.8 Å². The molecular weight excluding hydrogens is 332 g/mol. The fourth-order valence-corrected chi connectivity index (χ4v) is 2.77. The number of halogens is 1. The molecule has 0 heterocycles. The number of nitro groups is 1. The molecule has 0 aliphatic carbocycles. The van der Waals surface area contributed by atoms with Crippen LogP contribution in [0.25, 0.3) is 0 Å². The molecule has 5 heteroatoms. The van der Waals surface area contributed by atoms with Crippen LogP contribution in [0.3, 0.4) is 0 Å². The van der Waals surface area contributed by atoms with Gasteiger partial charge in [0.05, 0.1) is 15.4 Å². The molecule has 0 amide bonds. The standard InChI is InChI=1S/C16H17BrN2O2/c1-2-6-15(12-7-4-3-5-8-12)18-13-9-10-16(19(20)21)14(17)11-13/h3-5,7-11,15,18H,2,6H2,1H3. The number of hydrogen-bond acceptors (Lipinski definition) is 3. The van der Waals surface area contributed by atoms with Crippen LogP contribution in [-0.4, -0.2) is 4.92 Å². The van der Waals surface area contributed by atoms with Gasteiger partial charge in [-0.25, -0.2) is 0 Å². The molecule has 110 valence electrons. The van der Waals surface area contributed by atoms with Crippen LogP contribution < -0.4 is 5.32 Å². The average Bonchev–Trinajstić information content (AvgIpc) is 2.47. The Kier molecular flexibility index (Phi) is 5.33. The number of anilines is 1. The number of rotatable bonds is 6. The van der Waals surface area contributed by atoms with Crippen LogP contribution >= 0.6 is 15.9 Å². The van der Waals surface area contributed by atoms with E-state index < -0.39 is 4.92 Å². The number of nitro benzene ring substituents is 1. The first kappa shape index (κ1) is 15.5. The van der Waals surface area contributed by atoms with Gasteiger partial charge in [-0.05, 0) is 40.0 Å². The molecule has 2 aromatic rings. The average molecular weight is 349 g/mol. The van der Waals surface area contributed by atoms with Gasteiger partial charge in [-0.2, -0.15) is 0 Å². The summed E-state index contributed by atoms with van der Waals surface area (Å²) in [6.45, 7) is 2.14. The summed E-state index contributed by atoms with van der Waals surface area (Å²) >= 11 is 3.25. The van der Waals surface area contributed by atoms with E-state index in [4.69, 9.17) is 0 Å². The number of nitrogens with zero attached hydrogens (tertiary/aromatic N) is 1. The van der Waals surface area contributed by atoms with E-state index in [1.165, 1.54) is 11.6 Å². The van der Waals surface area contributed by atoms with Crippen molar-refractivity contribution in [2.24, 2.45) is 0 Å². The molecule has 2 aromatic carbocycles. The lowest BCUT2D eigenvalue weighted by Gasteiger charge is -2.20. The summed E-state index contributed by atoms with van der Waals surface area (Å²) in [5, 5.41) is 14.3. The van der Waals surface area contributed by atoms with Gasteiger partial charge in [0.25, 0.3) is 5.69 Å². The predicted octanol–water partition coefficient (Wildman–Crippen LogP) is 5.31. The van der Waals surface area contributed by atoms with Gasteiger partial charge in [-0.1, -0.05) is 43.7 Å². The van der Waals surface area contributed by atoms with Gasteiger partial charge in [0, 0.05) is 11.8 Å². The third kappa shape index (κ3) is 4.04. The van der Waals surface area contributed by atoms with Crippen LogP contribution in [0.4, 0.5) is 11.4 Å². The summed E-state index contributed by atoms with van der Waals surface area (Å²) in [4.78, 5) is 10.4. The van der Waals surface area contributed by atoms with E-state index in [1.807, 2.05) is 18.2 Å². The van der Waals surface area contributed by atoms with E-state index in [9.17, 15) is 10.1 Å². The van der Waals surface area contributed by atoms with Gasteiger partial charge < -0.3 is 5.32 Å². The van der Waals surface area contributed by atoms with Crippen molar-refractivity contribution in [2.75, 3.05) is 5.32 Å². The molecule has 1 unspecified atom stereocenters. The first-order valence-electron chi connectivity index (χ1n) is 6.87. The molecule has 1 N–H and O–H groups in total. The van der Waals surface area contributed by atoms with Gasteiger partial charge in [0.2, 0.25) is 0 Å². The van der Waals surface area contributed by atoms with Gasteiger partial charge >= 0.3 is 0 Å². The zero-order chi connectivity index (χ0) is 15.2. The summed E-state index contributed by atoms with van der Waals surface area (Å²) in [7, 11) is 0. The predicted molar refractivity (Wildman–Crippen MR) is 88.5 cm³/mol. The number of nitrogens with one attached hydrogen (secondary N) is 1. The minimum Gasteiger partial charge on any atom is -0.378 e. The van der Waals surface area contributed by atoms with Gasteiger partial charge in [0.1, 0.15) is 0 Å². The lowest BCUT2D eigenvalue weighted by molar-refractivity contribution is -0.385. The van der Waals surface area contributed by atoms with E-state index in [0.717, 1.165) is 18.5 Å². The van der Waals surface area contributed by atoms with Crippen molar-refractivity contribution in [1.29, 1.82) is 0 Å². The Morgan fingerprint density at radius 2 is 1.95 bits per heavy atom. The van der Waals surface area contributed by atoms with Crippen molar-refractivity contribution in [3.63, 3.8) is 0 Å². The maximum atomic E-state index is 10.8. The molecule has 4 nitrogen and oxygen atoms in total. The van der Waals surface area contributed by atoms with Gasteiger partial charge in [-0.15, -0.1) is 0 Å². The second-order valence-electron chi connectivity index (χ2n) is 4.82. The summed E-state index contributed by atoms with van der Waals surface area (Å²) in [5.41, 5.74) is 2.16. The largest absolute Gasteiger partial charge is 0.378 e. The molecule has 0 spiro atoms. The van der Waals surface area contributed by atoms with Crippen LogP contribution in [0, 0.1) is 10.1 Å². The highest BCUT2D eigenvalue weighted by molar-refractivity contribution is 9.10. The first-order chi connectivity index (χ1) is 10.1. The molecule has 0 aromatic heterocycles. The highest BCUT2D eigenvalue weighted by atomic mass is 79.9. The van der Waals surface area contributed by atoms with Crippen molar-refractivity contribution < 1.29 is 4.92 Å². The lowest BCUT2D eigenvalue weighted by atomic mass is 10.0. The molecule has 2 rings (SSSR count). The Morgan fingerprint density at radius 3 is 2.52 bits per heavy atom. The Labute approximate surface area is 132 Å². The van der Waals surface area contributed by atoms with E-state index in [-0.39, 0.29) is 11.7 Å². The zero-order valence-corrected chi connectivity index (χ0v) is 13.3. The van der Waals surface area contributed by atoms with Crippen molar-refractivity contribution in [3.8, 4) is 0 Å². The fraction of sp³-hybridized carbons (Fsp3) is 0.250. The van der Waals surface area contributed by atoms with E-state index >= 15 is 0 Å². The SMILES string of the molecule is CCCC(Nc1ccc([N+](=O)[O-])c(Br)c1)c1ccccc1. The first-order valence-corrected chi connectivity index (χ1v) is 7.66. The third-order valence-electron chi connectivity index (χ3n) is 3.26. The second kappa shape index (κ2) is 7.22. The van der Waals surface area contributed by atoms with Crippen molar-refractivity contribution in [3.05, 3.63) is 68.7 Å². The summed E-state index contributed by atoms with van der Waals surface area (Å²) in [6.07, 6.45) is 2.05. The Bertz CT molecular complexity index is 617. The van der Waals surface area contributed by atoms with Crippen LogP contribution in [0.5, 0.6) is 0 Å². The molecule has 0 saturated heterocycles. The fourth-order valence-electron chi connectivity index (χ4n) is 2.24. The minimum atomic E-state index is -0.394. The Balaban J connectivity index is 2.21. The highest BCUT2D eigenvalue weighted by Gasteiger charge is 2.14. The molecule has 0 aliphatic heterocycles. The molecule has 0 fully saturated rings. The monoisotopic (exact) mass is 348 g/mol. The Hall–Kier alpha value is -1.88. The molecular formula is C16H17BrN2O2. The quantitative estimate of drug-likeness (QED) is 0.568. The second-order valence-corrected chi connectivity index (χ2v) is 5.67. The van der Waals surface area contributed by atoms with E-state index in [1.54, 1.807) is 12.1 Å². The summed E-state index contributed by atoms with van der Waals surface area (Å²) in [6, 6.07) is 15.4. The number of benzene rings is 2. The minimum absolute atomic E-state index is 0.0762. The number of hydrogen-bond donors (Lipinski definition) is 1. The summed E-state index contributed by atoms with van der Waals surface area (Å²) in [5.74, 6) is 0. The van der Waals surface area contributed by atoms with Crippen LogP contribution in [-0.2, 0) is 0 Å². The third-order valence-corrected chi connectivity index (χ3v) is 3.90. The normalized spacial score (nSPS) is 11.9. The topological polar surface area (TPSA) is 55.2 Å². The van der Waals surface area contributed by atoms with Gasteiger partial charge in [0.15, 0.2) is 0 Å². The van der Waals surface area contributed by atoms with Crippen molar-refractivity contribution in [1.82, 2.24) is 0 Å². The molecule has 0 bridgehead atoms. The summed E-state index contributed by atoms with van der Waals surface area (Å²) < 4.78 is 0.487. The van der Waals surface area contributed by atoms with E-state index in [0.29, 0.717) is 4.47 Å². The molecule has 21 heavy (non-hydrogen) atoms. The van der Waals surface area contributed by atoms with Crippen molar-refractivity contribution >= 4 is 27.3 Å². The van der Waals surface area contributed by atoms with E-state index in [2.05, 4.69) is 40.3 Å². The molecule has 0 saturated carbocycles.